The molecule has 3 amide bonds. The summed E-state index contributed by atoms with van der Waals surface area (Å²) in [5.41, 5.74) is 8.98. The van der Waals surface area contributed by atoms with Gasteiger partial charge in [0.1, 0.15) is 6.54 Å². The van der Waals surface area contributed by atoms with Crippen LogP contribution in [0.15, 0.2) is 18.5 Å². The first kappa shape index (κ1) is 15.8. The molecule has 23 heavy (non-hydrogen) atoms. The van der Waals surface area contributed by atoms with Crippen molar-refractivity contribution in [2.24, 2.45) is 5.73 Å². The second-order valence-electron chi connectivity index (χ2n) is 5.92. The van der Waals surface area contributed by atoms with Crippen LogP contribution < -0.4 is 10.6 Å². The van der Waals surface area contributed by atoms with E-state index < -0.39 is 0 Å². The molecule has 2 N–H and O–H groups in total. The van der Waals surface area contributed by atoms with Crippen LogP contribution in [0.1, 0.15) is 30.0 Å². The van der Waals surface area contributed by atoms with Gasteiger partial charge >= 0.3 is 6.03 Å². The largest absolute Gasteiger partial charge is 0.331 e. The fourth-order valence-corrected chi connectivity index (χ4v) is 2.87. The number of halogens is 1. The number of rotatable bonds is 3. The maximum Gasteiger partial charge on any atom is 0.331 e. The van der Waals surface area contributed by atoms with E-state index in [0.29, 0.717) is 23.8 Å². The second-order valence-corrected chi connectivity index (χ2v) is 5.92. The van der Waals surface area contributed by atoms with Gasteiger partial charge < -0.3 is 10.1 Å². The number of hydrogen-bond donors (Lipinski definition) is 1. The van der Waals surface area contributed by atoms with Crippen LogP contribution in [0.25, 0.3) is 5.65 Å². The van der Waals surface area contributed by atoms with E-state index in [9.17, 15) is 9.59 Å². The quantitative estimate of drug-likeness (QED) is 0.861. The van der Waals surface area contributed by atoms with Crippen molar-refractivity contribution in [3.8, 4) is 0 Å². The molecule has 0 aromatic carbocycles. The van der Waals surface area contributed by atoms with Crippen molar-refractivity contribution < 1.29 is 9.59 Å². The third-order valence-electron chi connectivity index (χ3n) is 4.34. The molecular weight excluding hydrogens is 318 g/mol. The molecule has 1 saturated carbocycles. The van der Waals surface area contributed by atoms with Crippen LogP contribution >= 0.6 is 12.4 Å². The highest BCUT2D eigenvalue weighted by Gasteiger charge is 2.36. The average molecular weight is 336 g/mol. The fraction of sp³-hybridized carbons (Fsp3) is 0.400. The van der Waals surface area contributed by atoms with Gasteiger partial charge in [0, 0.05) is 26.0 Å². The van der Waals surface area contributed by atoms with Crippen LogP contribution in [0.2, 0.25) is 0 Å². The van der Waals surface area contributed by atoms with Crippen LogP contribution in [0.5, 0.6) is 0 Å². The van der Waals surface area contributed by atoms with Crippen LogP contribution in [0, 0.1) is 0 Å². The Bertz CT molecular complexity index is 799. The summed E-state index contributed by atoms with van der Waals surface area (Å²) in [4.78, 5) is 31.3. The zero-order chi connectivity index (χ0) is 15.4. The minimum atomic E-state index is -0.308. The van der Waals surface area contributed by atoms with E-state index in [0.717, 1.165) is 23.4 Å². The Morgan fingerprint density at radius 2 is 2.04 bits per heavy atom. The van der Waals surface area contributed by atoms with E-state index >= 15 is 0 Å². The number of nitrogens with zero attached hydrogens (tertiary/aromatic N) is 4. The van der Waals surface area contributed by atoms with Gasteiger partial charge in [0.2, 0.25) is 5.91 Å². The number of pyridine rings is 1. The molecular formula is C15H18ClN5O2. The summed E-state index contributed by atoms with van der Waals surface area (Å²) in [5, 5.41) is 0. The predicted molar refractivity (Wildman–Crippen MR) is 87.8 cm³/mol. The predicted octanol–water partition coefficient (Wildman–Crippen LogP) is 1.49. The average Bonchev–Trinajstić information content (AvgIpc) is 3.23. The number of imide groups is 1. The lowest BCUT2D eigenvalue weighted by Crippen LogP contribution is -2.30. The van der Waals surface area contributed by atoms with Gasteiger partial charge in [0.05, 0.1) is 11.4 Å². The first-order chi connectivity index (χ1) is 10.6. The molecule has 1 saturated heterocycles. The van der Waals surface area contributed by atoms with E-state index in [1.54, 1.807) is 0 Å². The molecule has 2 aromatic rings. The number of amides is 3. The highest BCUT2D eigenvalue weighted by molar-refractivity contribution is 6.13. The van der Waals surface area contributed by atoms with Gasteiger partial charge in [-0.05, 0) is 30.4 Å². The fourth-order valence-electron chi connectivity index (χ4n) is 2.87. The van der Waals surface area contributed by atoms with E-state index in [-0.39, 0.29) is 30.9 Å². The maximum absolute atomic E-state index is 12.3. The van der Waals surface area contributed by atoms with Crippen molar-refractivity contribution in [2.45, 2.75) is 25.3 Å². The van der Waals surface area contributed by atoms with Crippen LogP contribution in [0.3, 0.4) is 0 Å². The van der Waals surface area contributed by atoms with Gasteiger partial charge in [-0.25, -0.2) is 9.78 Å². The third kappa shape index (κ3) is 2.46. The molecule has 0 radical (unpaired) electrons. The minimum absolute atomic E-state index is 0. The summed E-state index contributed by atoms with van der Waals surface area (Å²) in [5.74, 6) is 0.337. The summed E-state index contributed by atoms with van der Waals surface area (Å²) in [7, 11) is 1.50. The third-order valence-corrected chi connectivity index (χ3v) is 4.34. The number of anilines is 1. The Hall–Kier alpha value is -2.12. The molecule has 3 heterocycles. The molecule has 1 aliphatic carbocycles. The minimum Gasteiger partial charge on any atom is -0.325 e. The standard InChI is InChI=1S/C15H17N5O2.ClH/c1-18-13(21)8-20(15(18)22)12-4-10(9-2-3-9)6-19-7-11(5-16)17-14(12)19;/h4,6-7,9H,2-3,5,8,16H2,1H3;1H. The van der Waals surface area contributed by atoms with Gasteiger partial charge in [0.25, 0.3) is 0 Å². The van der Waals surface area contributed by atoms with Gasteiger partial charge in [-0.2, -0.15) is 0 Å². The lowest BCUT2D eigenvalue weighted by molar-refractivity contribution is -0.123. The van der Waals surface area contributed by atoms with Crippen molar-refractivity contribution in [3.05, 3.63) is 29.7 Å². The summed E-state index contributed by atoms with van der Waals surface area (Å²) in [6, 6.07) is 1.68. The number of fused-ring (bicyclic) bond motifs is 1. The van der Waals surface area contributed by atoms with E-state index in [4.69, 9.17) is 5.73 Å². The normalized spacial score (nSPS) is 18.0. The van der Waals surface area contributed by atoms with E-state index in [1.807, 2.05) is 16.7 Å². The monoisotopic (exact) mass is 335 g/mol. The Morgan fingerprint density at radius 3 is 2.61 bits per heavy atom. The number of carbonyl (C=O) groups is 2. The topological polar surface area (TPSA) is 83.9 Å². The Labute approximate surface area is 139 Å². The molecule has 2 aromatic heterocycles. The smallest absolute Gasteiger partial charge is 0.325 e. The van der Waals surface area contributed by atoms with Gasteiger partial charge in [-0.1, -0.05) is 0 Å². The molecule has 2 fully saturated rings. The Balaban J connectivity index is 0.00000156. The number of hydrogen-bond acceptors (Lipinski definition) is 4. The Kier molecular flexibility index (Phi) is 3.77. The zero-order valence-electron chi connectivity index (χ0n) is 12.7. The van der Waals surface area contributed by atoms with Crippen LogP contribution in [0.4, 0.5) is 10.5 Å². The molecule has 8 heteroatoms. The summed E-state index contributed by atoms with van der Waals surface area (Å²) in [6.45, 7) is 0.399. The van der Waals surface area contributed by atoms with Crippen molar-refractivity contribution >= 4 is 35.7 Å². The van der Waals surface area contributed by atoms with Gasteiger partial charge in [0.15, 0.2) is 5.65 Å². The summed E-state index contributed by atoms with van der Waals surface area (Å²) >= 11 is 0. The van der Waals surface area contributed by atoms with Crippen molar-refractivity contribution in [3.63, 3.8) is 0 Å². The van der Waals surface area contributed by atoms with E-state index in [2.05, 4.69) is 11.2 Å². The number of urea groups is 1. The molecule has 4 rings (SSSR count). The number of likely N-dealkylation sites (N-methyl/N-ethyl adjacent to an activating group) is 1. The zero-order valence-corrected chi connectivity index (χ0v) is 13.5. The van der Waals surface area contributed by atoms with Crippen molar-refractivity contribution in [1.82, 2.24) is 14.3 Å². The summed E-state index contributed by atoms with van der Waals surface area (Å²) in [6.07, 6.45) is 6.26. The molecule has 0 bridgehead atoms. The molecule has 7 nitrogen and oxygen atoms in total. The number of imidazole rings is 1. The molecule has 2 aliphatic rings. The summed E-state index contributed by atoms with van der Waals surface area (Å²) < 4.78 is 1.92. The Morgan fingerprint density at radius 1 is 1.30 bits per heavy atom. The molecule has 0 spiro atoms. The molecule has 1 aliphatic heterocycles. The SMILES string of the molecule is CN1C(=O)CN(c2cc(C3CC3)cn3cc(CN)nc23)C1=O.Cl. The number of nitrogens with two attached hydrogens (primary N) is 1. The molecule has 0 unspecified atom stereocenters. The van der Waals surface area contributed by atoms with Gasteiger partial charge in [-0.15, -0.1) is 12.4 Å². The van der Waals surface area contributed by atoms with Crippen LogP contribution in [-0.4, -0.2) is 39.8 Å². The number of carbonyl (C=O) groups excluding carboxylic acids is 2. The highest BCUT2D eigenvalue weighted by atomic mass is 35.5. The lowest BCUT2D eigenvalue weighted by Gasteiger charge is -2.17. The highest BCUT2D eigenvalue weighted by Crippen LogP contribution is 2.42. The first-order valence-electron chi connectivity index (χ1n) is 7.38. The first-order valence-corrected chi connectivity index (χ1v) is 7.38. The molecule has 122 valence electrons. The second kappa shape index (κ2) is 5.50. The molecule has 0 atom stereocenters. The van der Waals surface area contributed by atoms with Crippen molar-refractivity contribution in [1.29, 1.82) is 0 Å². The van der Waals surface area contributed by atoms with Crippen molar-refractivity contribution in [2.75, 3.05) is 18.5 Å². The van der Waals surface area contributed by atoms with E-state index in [1.165, 1.54) is 17.5 Å². The maximum atomic E-state index is 12.3. The lowest BCUT2D eigenvalue weighted by atomic mass is 10.1. The van der Waals surface area contributed by atoms with Crippen LogP contribution in [-0.2, 0) is 11.3 Å². The van der Waals surface area contributed by atoms with Gasteiger partial charge in [-0.3, -0.25) is 14.6 Å². The number of aromatic nitrogens is 2.